The zero-order valence-electron chi connectivity index (χ0n) is 16.3. The molecular weight excluding hydrogens is 379 g/mol. The molecule has 1 aromatic carbocycles. The van der Waals surface area contributed by atoms with E-state index in [1.54, 1.807) is 13.2 Å². The van der Waals surface area contributed by atoms with Gasteiger partial charge in [0, 0.05) is 54.3 Å². The van der Waals surface area contributed by atoms with E-state index in [2.05, 4.69) is 33.3 Å². The van der Waals surface area contributed by atoms with Crippen molar-refractivity contribution in [1.82, 2.24) is 9.80 Å². The van der Waals surface area contributed by atoms with Gasteiger partial charge < -0.3 is 4.74 Å². The molecule has 3 aliphatic heterocycles. The summed E-state index contributed by atoms with van der Waals surface area (Å²) in [4.78, 5) is 5.24. The van der Waals surface area contributed by atoms with Crippen LogP contribution >= 0.6 is 23.5 Å². The Morgan fingerprint density at radius 3 is 2.74 bits per heavy atom. The number of halogens is 1. The second-order valence-corrected chi connectivity index (χ2v) is 10.6. The van der Waals surface area contributed by atoms with Crippen molar-refractivity contribution >= 4 is 23.5 Å². The van der Waals surface area contributed by atoms with Crippen molar-refractivity contribution in [2.45, 2.75) is 31.8 Å². The largest absolute Gasteiger partial charge is 0.497 e. The van der Waals surface area contributed by atoms with Crippen LogP contribution in [-0.4, -0.2) is 72.1 Å². The van der Waals surface area contributed by atoms with Gasteiger partial charge in [0.25, 0.3) is 0 Å². The van der Waals surface area contributed by atoms with Crippen molar-refractivity contribution in [2.24, 2.45) is 5.41 Å². The van der Waals surface area contributed by atoms with Crippen LogP contribution in [0, 0.1) is 11.2 Å². The van der Waals surface area contributed by atoms with Crippen LogP contribution in [0.3, 0.4) is 0 Å². The lowest BCUT2D eigenvalue weighted by Crippen LogP contribution is -2.46. The lowest BCUT2D eigenvalue weighted by Gasteiger charge is -2.41. The highest BCUT2D eigenvalue weighted by Crippen LogP contribution is 2.41. The molecule has 0 saturated carbocycles. The Bertz CT molecular complexity index is 639. The molecule has 1 aromatic rings. The average Bonchev–Trinajstić information content (AvgIpc) is 2.90. The third-order valence-electron chi connectivity index (χ3n) is 6.36. The first kappa shape index (κ1) is 19.9. The highest BCUT2D eigenvalue weighted by atomic mass is 32.2. The number of piperidine rings is 1. The van der Waals surface area contributed by atoms with Gasteiger partial charge in [0.15, 0.2) is 0 Å². The van der Waals surface area contributed by atoms with Crippen LogP contribution in [0.5, 0.6) is 5.75 Å². The lowest BCUT2D eigenvalue weighted by atomic mass is 9.79. The van der Waals surface area contributed by atoms with E-state index in [1.807, 2.05) is 6.07 Å². The lowest BCUT2D eigenvalue weighted by molar-refractivity contribution is 0.0834. The van der Waals surface area contributed by atoms with E-state index in [1.165, 1.54) is 61.4 Å². The molecule has 3 saturated heterocycles. The standard InChI is InChI=1S/C21H31FN2OS2/c1-25-19-3-4-20(22)17(11-19)12-23-7-2-5-21(15-23)6-8-24(16-21)18-13-26-9-10-27-14-18/h3-4,11,18H,2,5-10,12-16H2,1H3. The smallest absolute Gasteiger partial charge is 0.127 e. The monoisotopic (exact) mass is 410 g/mol. The molecule has 1 atom stereocenters. The van der Waals surface area contributed by atoms with Crippen molar-refractivity contribution in [2.75, 3.05) is 56.3 Å². The molecule has 3 fully saturated rings. The summed E-state index contributed by atoms with van der Waals surface area (Å²) >= 11 is 4.25. The molecule has 3 heterocycles. The SMILES string of the molecule is COc1ccc(F)c(CN2CCCC3(CCN(C4CSCCSC4)C3)C2)c1. The Hall–Kier alpha value is -0.430. The number of rotatable bonds is 4. The fourth-order valence-electron chi connectivity index (χ4n) is 4.92. The number of likely N-dealkylation sites (tertiary alicyclic amines) is 2. The van der Waals surface area contributed by atoms with Crippen LogP contribution in [0.1, 0.15) is 24.8 Å². The fraction of sp³-hybridized carbons (Fsp3) is 0.714. The minimum absolute atomic E-state index is 0.115. The predicted molar refractivity (Wildman–Crippen MR) is 115 cm³/mol. The van der Waals surface area contributed by atoms with Gasteiger partial charge in [0.05, 0.1) is 7.11 Å². The summed E-state index contributed by atoms with van der Waals surface area (Å²) < 4.78 is 19.6. The Balaban J connectivity index is 1.39. The third kappa shape index (κ3) is 4.77. The maximum absolute atomic E-state index is 14.3. The predicted octanol–water partition coefficient (Wildman–Crippen LogP) is 3.97. The van der Waals surface area contributed by atoms with E-state index in [0.717, 1.165) is 30.4 Å². The Morgan fingerprint density at radius 2 is 1.96 bits per heavy atom. The summed E-state index contributed by atoms with van der Waals surface area (Å²) in [7, 11) is 1.64. The first-order valence-corrected chi connectivity index (χ1v) is 12.4. The van der Waals surface area contributed by atoms with E-state index in [-0.39, 0.29) is 5.82 Å². The molecule has 0 aliphatic carbocycles. The molecule has 1 unspecified atom stereocenters. The maximum Gasteiger partial charge on any atom is 0.127 e. The first-order valence-electron chi connectivity index (χ1n) is 10.1. The van der Waals surface area contributed by atoms with E-state index in [4.69, 9.17) is 4.74 Å². The summed E-state index contributed by atoms with van der Waals surface area (Å²) in [5.41, 5.74) is 1.17. The van der Waals surface area contributed by atoms with Crippen molar-refractivity contribution in [1.29, 1.82) is 0 Å². The van der Waals surface area contributed by atoms with Crippen LogP contribution in [-0.2, 0) is 6.54 Å². The van der Waals surface area contributed by atoms with Gasteiger partial charge in [-0.25, -0.2) is 4.39 Å². The van der Waals surface area contributed by atoms with Crippen LogP contribution in [0.4, 0.5) is 4.39 Å². The molecule has 0 radical (unpaired) electrons. The van der Waals surface area contributed by atoms with Gasteiger partial charge in [-0.05, 0) is 56.0 Å². The number of thioether (sulfide) groups is 2. The van der Waals surface area contributed by atoms with Gasteiger partial charge in [-0.1, -0.05) is 0 Å². The van der Waals surface area contributed by atoms with Gasteiger partial charge in [-0.15, -0.1) is 0 Å². The number of benzene rings is 1. The van der Waals surface area contributed by atoms with E-state index >= 15 is 0 Å². The Kier molecular flexibility index (Phi) is 6.57. The van der Waals surface area contributed by atoms with Gasteiger partial charge in [-0.3, -0.25) is 9.80 Å². The number of ether oxygens (including phenoxy) is 1. The molecule has 3 aliphatic rings. The molecule has 150 valence electrons. The molecule has 6 heteroatoms. The minimum Gasteiger partial charge on any atom is -0.497 e. The quantitative estimate of drug-likeness (QED) is 0.744. The maximum atomic E-state index is 14.3. The van der Waals surface area contributed by atoms with Gasteiger partial charge in [0.2, 0.25) is 0 Å². The molecule has 27 heavy (non-hydrogen) atoms. The number of hydrogen-bond donors (Lipinski definition) is 0. The summed E-state index contributed by atoms with van der Waals surface area (Å²) in [6, 6.07) is 5.84. The normalized spacial score (nSPS) is 28.5. The Morgan fingerprint density at radius 1 is 1.15 bits per heavy atom. The number of methoxy groups -OCH3 is 1. The molecule has 0 bridgehead atoms. The van der Waals surface area contributed by atoms with Crippen LogP contribution in [0.2, 0.25) is 0 Å². The van der Waals surface area contributed by atoms with Crippen molar-refractivity contribution in [3.8, 4) is 5.75 Å². The van der Waals surface area contributed by atoms with Crippen molar-refractivity contribution < 1.29 is 9.13 Å². The van der Waals surface area contributed by atoms with Crippen molar-refractivity contribution in [3.05, 3.63) is 29.6 Å². The average molecular weight is 411 g/mol. The molecule has 4 rings (SSSR count). The minimum atomic E-state index is -0.115. The fourth-order valence-corrected chi connectivity index (χ4v) is 7.54. The zero-order chi connectivity index (χ0) is 18.7. The first-order chi connectivity index (χ1) is 13.2. The van der Waals surface area contributed by atoms with Crippen molar-refractivity contribution in [3.63, 3.8) is 0 Å². The highest BCUT2D eigenvalue weighted by molar-refractivity contribution is 8.03. The third-order valence-corrected chi connectivity index (χ3v) is 8.85. The molecule has 0 aromatic heterocycles. The summed E-state index contributed by atoms with van der Waals surface area (Å²) in [6.07, 6.45) is 3.86. The van der Waals surface area contributed by atoms with E-state index in [0.29, 0.717) is 12.0 Å². The zero-order valence-corrected chi connectivity index (χ0v) is 17.9. The molecule has 1 spiro atoms. The second-order valence-electron chi connectivity index (χ2n) is 8.30. The molecule has 0 N–H and O–H groups in total. The highest BCUT2D eigenvalue weighted by Gasteiger charge is 2.43. The van der Waals surface area contributed by atoms with Gasteiger partial charge in [0.1, 0.15) is 11.6 Å². The molecule has 3 nitrogen and oxygen atoms in total. The number of nitrogens with zero attached hydrogens (tertiary/aromatic N) is 2. The topological polar surface area (TPSA) is 15.7 Å². The van der Waals surface area contributed by atoms with Crippen LogP contribution in [0.15, 0.2) is 18.2 Å². The summed E-state index contributed by atoms with van der Waals surface area (Å²) in [6.45, 7) is 5.35. The summed E-state index contributed by atoms with van der Waals surface area (Å²) in [5, 5.41) is 0. The van der Waals surface area contributed by atoms with E-state index < -0.39 is 0 Å². The number of hydrogen-bond acceptors (Lipinski definition) is 5. The summed E-state index contributed by atoms with van der Waals surface area (Å²) in [5.74, 6) is 5.83. The Labute approximate surface area is 171 Å². The van der Waals surface area contributed by atoms with Gasteiger partial charge >= 0.3 is 0 Å². The van der Waals surface area contributed by atoms with Gasteiger partial charge in [-0.2, -0.15) is 23.5 Å². The van der Waals surface area contributed by atoms with Crippen LogP contribution in [0.25, 0.3) is 0 Å². The van der Waals surface area contributed by atoms with Crippen LogP contribution < -0.4 is 4.74 Å². The molecule has 0 amide bonds. The second kappa shape index (κ2) is 8.93. The molecular formula is C21H31FN2OS2. The van der Waals surface area contributed by atoms with E-state index in [9.17, 15) is 4.39 Å².